The van der Waals surface area contributed by atoms with Crippen LogP contribution in [0, 0.1) is 0 Å². The van der Waals surface area contributed by atoms with E-state index in [1.165, 1.54) is 17.9 Å². The molecule has 3 heterocycles. The number of hydrogen-bond acceptors (Lipinski definition) is 6. The molecule has 1 fully saturated rings. The number of nitrogens with zero attached hydrogens (tertiary/aromatic N) is 6. The molecule has 0 spiro atoms. The summed E-state index contributed by atoms with van der Waals surface area (Å²) in [5.41, 5.74) is -0.720. The number of hydrogen-bond donors (Lipinski definition) is 1. The van der Waals surface area contributed by atoms with Gasteiger partial charge >= 0.3 is 5.69 Å². The zero-order valence-corrected chi connectivity index (χ0v) is 14.5. The molecular formula is C16H24N7O2+. The molecule has 134 valence electrons. The maximum Gasteiger partial charge on any atom is 0.347 e. The fraction of sp³-hybridized carbons (Fsp3) is 0.562. The van der Waals surface area contributed by atoms with Crippen molar-refractivity contribution in [3.8, 4) is 0 Å². The second-order valence-electron chi connectivity index (χ2n) is 6.29. The van der Waals surface area contributed by atoms with Crippen LogP contribution in [0.3, 0.4) is 0 Å². The van der Waals surface area contributed by atoms with Crippen LogP contribution in [0.15, 0.2) is 34.2 Å². The summed E-state index contributed by atoms with van der Waals surface area (Å²) in [6.45, 7) is 5.67. The van der Waals surface area contributed by atoms with Crippen molar-refractivity contribution in [2.75, 3.05) is 37.6 Å². The Bertz CT molecular complexity index is 794. The summed E-state index contributed by atoms with van der Waals surface area (Å²) in [4.78, 5) is 35.6. The molecule has 0 aromatic carbocycles. The summed E-state index contributed by atoms with van der Waals surface area (Å²) in [7, 11) is 1.48. The van der Waals surface area contributed by atoms with Crippen molar-refractivity contribution in [3.63, 3.8) is 0 Å². The number of aromatic nitrogens is 5. The van der Waals surface area contributed by atoms with Crippen LogP contribution in [-0.2, 0) is 13.6 Å². The summed E-state index contributed by atoms with van der Waals surface area (Å²) in [5, 5.41) is 3.91. The first-order chi connectivity index (χ1) is 12.1. The van der Waals surface area contributed by atoms with Gasteiger partial charge in [-0.15, -0.1) is 0 Å². The maximum atomic E-state index is 11.9. The molecule has 9 nitrogen and oxygen atoms in total. The van der Waals surface area contributed by atoms with Crippen LogP contribution in [0.25, 0.3) is 0 Å². The Hall–Kier alpha value is -2.55. The van der Waals surface area contributed by atoms with Crippen molar-refractivity contribution in [1.82, 2.24) is 24.3 Å². The molecule has 2 aromatic heterocycles. The Kier molecular flexibility index (Phi) is 5.54. The van der Waals surface area contributed by atoms with Gasteiger partial charge in [0.05, 0.1) is 32.7 Å². The van der Waals surface area contributed by atoms with Gasteiger partial charge in [0.1, 0.15) is 6.20 Å². The topological polar surface area (TPSA) is 90.3 Å². The highest BCUT2D eigenvalue weighted by Gasteiger charge is 2.20. The van der Waals surface area contributed by atoms with E-state index in [1.54, 1.807) is 17.3 Å². The fourth-order valence-electron chi connectivity index (χ4n) is 3.04. The average Bonchev–Trinajstić information content (AvgIpc) is 2.66. The molecule has 9 heteroatoms. The summed E-state index contributed by atoms with van der Waals surface area (Å²) >= 11 is 0. The quantitative estimate of drug-likeness (QED) is 0.604. The van der Waals surface area contributed by atoms with Gasteiger partial charge in [-0.2, -0.15) is 5.10 Å². The third-order valence-electron chi connectivity index (χ3n) is 4.60. The lowest BCUT2D eigenvalue weighted by atomic mass is 10.2. The molecule has 0 saturated carbocycles. The highest BCUT2D eigenvalue weighted by atomic mass is 16.2. The van der Waals surface area contributed by atoms with Gasteiger partial charge in [0.15, 0.2) is 0 Å². The molecule has 1 aliphatic rings. The third kappa shape index (κ3) is 4.30. The van der Waals surface area contributed by atoms with Crippen LogP contribution in [0.2, 0.25) is 0 Å². The number of anilines is 1. The predicted molar refractivity (Wildman–Crippen MR) is 92.8 cm³/mol. The number of unbranched alkanes of at least 4 members (excludes halogenated alkanes) is 1. The maximum absolute atomic E-state index is 11.9. The normalized spacial score (nSPS) is 15.5. The van der Waals surface area contributed by atoms with E-state index in [2.05, 4.69) is 20.0 Å². The van der Waals surface area contributed by atoms with Crippen molar-refractivity contribution in [2.45, 2.75) is 19.4 Å². The SMILES string of the molecule is Cn1c(=O)cnn(CCCC[NH+]2CCN(c3ncccn3)CC2)c1=O. The van der Waals surface area contributed by atoms with Crippen LogP contribution in [0.1, 0.15) is 12.8 Å². The molecule has 1 aliphatic heterocycles. The zero-order chi connectivity index (χ0) is 17.6. The van der Waals surface area contributed by atoms with E-state index in [-0.39, 0.29) is 11.2 Å². The third-order valence-corrected chi connectivity index (χ3v) is 4.60. The minimum Gasteiger partial charge on any atom is -0.332 e. The summed E-state index contributed by atoms with van der Waals surface area (Å²) < 4.78 is 2.45. The van der Waals surface area contributed by atoms with Crippen molar-refractivity contribution in [1.29, 1.82) is 0 Å². The van der Waals surface area contributed by atoms with Crippen LogP contribution in [0.4, 0.5) is 5.95 Å². The van der Waals surface area contributed by atoms with Gasteiger partial charge < -0.3 is 9.80 Å². The Balaban J connectivity index is 1.40. The second kappa shape index (κ2) is 8.02. The van der Waals surface area contributed by atoms with E-state index in [4.69, 9.17) is 0 Å². The van der Waals surface area contributed by atoms with E-state index in [1.807, 2.05) is 6.07 Å². The molecule has 3 rings (SSSR count). The lowest BCUT2D eigenvalue weighted by Crippen LogP contribution is -3.14. The van der Waals surface area contributed by atoms with Crippen molar-refractivity contribution >= 4 is 5.95 Å². The minimum atomic E-state index is -0.369. The highest BCUT2D eigenvalue weighted by molar-refractivity contribution is 5.28. The number of aryl methyl sites for hydroxylation is 1. The molecule has 1 saturated heterocycles. The van der Waals surface area contributed by atoms with Gasteiger partial charge in [0.25, 0.3) is 5.56 Å². The predicted octanol–water partition coefficient (Wildman–Crippen LogP) is -2.08. The van der Waals surface area contributed by atoms with E-state index in [0.29, 0.717) is 6.54 Å². The number of nitrogens with one attached hydrogen (secondary N) is 1. The second-order valence-corrected chi connectivity index (χ2v) is 6.29. The molecule has 2 aromatic rings. The van der Waals surface area contributed by atoms with E-state index in [0.717, 1.165) is 56.1 Å². The first-order valence-corrected chi connectivity index (χ1v) is 8.64. The average molecular weight is 346 g/mol. The molecule has 0 bridgehead atoms. The molecule has 0 radical (unpaired) electrons. The summed E-state index contributed by atoms with van der Waals surface area (Å²) in [5.74, 6) is 0.807. The monoisotopic (exact) mass is 346 g/mol. The molecule has 0 aliphatic carbocycles. The van der Waals surface area contributed by atoms with Crippen molar-refractivity contribution in [2.24, 2.45) is 7.05 Å². The smallest absolute Gasteiger partial charge is 0.332 e. The molecule has 25 heavy (non-hydrogen) atoms. The molecule has 0 atom stereocenters. The molecular weight excluding hydrogens is 322 g/mol. The fourth-order valence-corrected chi connectivity index (χ4v) is 3.04. The van der Waals surface area contributed by atoms with Crippen molar-refractivity contribution in [3.05, 3.63) is 45.5 Å². The first-order valence-electron chi connectivity index (χ1n) is 8.64. The highest BCUT2D eigenvalue weighted by Crippen LogP contribution is 2.04. The van der Waals surface area contributed by atoms with Gasteiger partial charge in [-0.25, -0.2) is 19.4 Å². The van der Waals surface area contributed by atoms with Gasteiger partial charge in [-0.05, 0) is 18.9 Å². The van der Waals surface area contributed by atoms with Crippen LogP contribution in [-0.4, -0.2) is 57.0 Å². The van der Waals surface area contributed by atoms with E-state index < -0.39 is 0 Å². The zero-order valence-electron chi connectivity index (χ0n) is 14.5. The van der Waals surface area contributed by atoms with Gasteiger partial charge in [0, 0.05) is 26.0 Å². The standard InChI is InChI=1S/C16H23N7O2/c1-20-14(24)13-19-23(16(20)25)8-3-2-7-21-9-11-22(12-10-21)15-17-5-4-6-18-15/h4-6,13H,2-3,7-12H2,1H3/p+1. The lowest BCUT2D eigenvalue weighted by molar-refractivity contribution is -0.900. The van der Waals surface area contributed by atoms with Gasteiger partial charge in [0.2, 0.25) is 5.95 Å². The van der Waals surface area contributed by atoms with E-state index in [9.17, 15) is 9.59 Å². The molecule has 0 amide bonds. The Morgan fingerprint density at radius 3 is 2.56 bits per heavy atom. The number of rotatable bonds is 6. The largest absolute Gasteiger partial charge is 0.347 e. The number of quaternary nitrogens is 1. The Labute approximate surface area is 145 Å². The summed E-state index contributed by atoms with van der Waals surface area (Å²) in [6, 6.07) is 1.83. The first kappa shape index (κ1) is 17.3. The number of piperazine rings is 1. The van der Waals surface area contributed by atoms with Crippen LogP contribution in [0.5, 0.6) is 0 Å². The van der Waals surface area contributed by atoms with Crippen molar-refractivity contribution < 1.29 is 4.90 Å². The van der Waals surface area contributed by atoms with Crippen LogP contribution >= 0.6 is 0 Å². The minimum absolute atomic E-state index is 0.351. The van der Waals surface area contributed by atoms with Gasteiger partial charge in [-0.1, -0.05) is 0 Å². The summed E-state index contributed by atoms with van der Waals surface area (Å²) in [6.07, 6.45) is 6.64. The lowest BCUT2D eigenvalue weighted by Gasteiger charge is -2.32. The van der Waals surface area contributed by atoms with Crippen LogP contribution < -0.4 is 21.0 Å². The Morgan fingerprint density at radius 2 is 1.84 bits per heavy atom. The Morgan fingerprint density at radius 1 is 1.12 bits per heavy atom. The molecule has 1 N–H and O–H groups in total. The van der Waals surface area contributed by atoms with E-state index >= 15 is 0 Å². The van der Waals surface area contributed by atoms with Gasteiger partial charge in [-0.3, -0.25) is 9.36 Å². The molecule has 0 unspecified atom stereocenters.